The molecule has 0 bridgehead atoms. The monoisotopic (exact) mass is 403 g/mol. The summed E-state index contributed by atoms with van der Waals surface area (Å²) < 4.78 is 0. The Morgan fingerprint density at radius 2 is 1.67 bits per heavy atom. The summed E-state index contributed by atoms with van der Waals surface area (Å²) in [5, 5.41) is 12.4. The number of hydrogen-bond acceptors (Lipinski definition) is 3. The first kappa shape index (κ1) is 20.8. The number of nitriles is 1. The predicted molar refractivity (Wildman–Crippen MR) is 105 cm³/mol. The molecule has 0 fully saturated rings. The van der Waals surface area contributed by atoms with Crippen LogP contribution >= 0.6 is 23.2 Å². The van der Waals surface area contributed by atoms with Gasteiger partial charge in [0.1, 0.15) is 0 Å². The van der Waals surface area contributed by atoms with Gasteiger partial charge in [-0.1, -0.05) is 35.3 Å². The average Bonchev–Trinajstić information content (AvgIpc) is 2.59. The Kier molecular flexibility index (Phi) is 6.15. The summed E-state index contributed by atoms with van der Waals surface area (Å²) in [5.74, 6) is -1.15. The molecule has 0 aliphatic heterocycles. The first-order chi connectivity index (χ1) is 12.6. The van der Waals surface area contributed by atoms with Crippen molar-refractivity contribution in [3.05, 3.63) is 69.2 Å². The predicted octanol–water partition coefficient (Wildman–Crippen LogP) is 5.08. The first-order valence-electron chi connectivity index (χ1n) is 8.17. The summed E-state index contributed by atoms with van der Waals surface area (Å²) in [6, 6.07) is 11.2. The molecule has 5 nitrogen and oxygen atoms in total. The highest BCUT2D eigenvalue weighted by atomic mass is 35.5. The maximum Gasteiger partial charge on any atom is 0.286 e. The third-order valence-electron chi connectivity index (χ3n) is 3.88. The lowest BCUT2D eigenvalue weighted by molar-refractivity contribution is -0.0167. The topological polar surface area (TPSA) is 64.4 Å². The van der Waals surface area contributed by atoms with E-state index in [1.54, 1.807) is 64.1 Å². The molecule has 0 saturated heterocycles. The van der Waals surface area contributed by atoms with Gasteiger partial charge < -0.3 is 0 Å². The average molecular weight is 404 g/mol. The van der Waals surface area contributed by atoms with Gasteiger partial charge >= 0.3 is 0 Å². The Hall–Kier alpha value is -2.55. The maximum atomic E-state index is 13.1. The van der Waals surface area contributed by atoms with Gasteiger partial charge in [-0.05, 0) is 63.6 Å². The largest absolute Gasteiger partial charge is 0.286 e. The van der Waals surface area contributed by atoms with Crippen LogP contribution in [0.15, 0.2) is 42.5 Å². The number of carbonyl (C=O) groups is 2. The Balaban J connectivity index is 2.54. The van der Waals surface area contributed by atoms with Gasteiger partial charge in [0, 0.05) is 21.2 Å². The SMILES string of the molecule is Cc1c(Cl)cccc1C(=O)N(C#N)N(C(=O)c1cccc(Cl)c1)C(C)(C)C. The van der Waals surface area contributed by atoms with Crippen LogP contribution in [0.2, 0.25) is 10.0 Å². The minimum Gasteiger partial charge on any atom is -0.267 e. The number of benzene rings is 2. The molecular formula is C20H19Cl2N3O2. The quantitative estimate of drug-likeness (QED) is 0.398. The van der Waals surface area contributed by atoms with Crippen molar-refractivity contribution in [1.29, 1.82) is 5.26 Å². The molecule has 7 heteroatoms. The van der Waals surface area contributed by atoms with Crippen LogP contribution in [0.1, 0.15) is 47.1 Å². The van der Waals surface area contributed by atoms with E-state index in [0.29, 0.717) is 15.6 Å². The highest BCUT2D eigenvalue weighted by Gasteiger charge is 2.37. The molecule has 2 amide bonds. The molecule has 0 radical (unpaired) electrons. The van der Waals surface area contributed by atoms with E-state index in [4.69, 9.17) is 23.2 Å². The van der Waals surface area contributed by atoms with E-state index in [1.807, 2.05) is 6.19 Å². The summed E-state index contributed by atoms with van der Waals surface area (Å²) >= 11 is 12.1. The van der Waals surface area contributed by atoms with Crippen LogP contribution in [-0.4, -0.2) is 27.4 Å². The van der Waals surface area contributed by atoms with Gasteiger partial charge in [-0.3, -0.25) is 9.59 Å². The van der Waals surface area contributed by atoms with Crippen LogP contribution in [0, 0.1) is 18.4 Å². The Morgan fingerprint density at radius 3 is 2.22 bits per heavy atom. The Morgan fingerprint density at radius 1 is 1.04 bits per heavy atom. The molecule has 0 heterocycles. The van der Waals surface area contributed by atoms with Crippen molar-refractivity contribution in [3.8, 4) is 6.19 Å². The molecular weight excluding hydrogens is 385 g/mol. The van der Waals surface area contributed by atoms with Gasteiger partial charge in [0.25, 0.3) is 11.8 Å². The molecule has 0 aromatic heterocycles. The summed E-state index contributed by atoms with van der Waals surface area (Å²) in [4.78, 5) is 26.2. The maximum absolute atomic E-state index is 13.1. The van der Waals surface area contributed by atoms with Crippen molar-refractivity contribution in [1.82, 2.24) is 10.0 Å². The molecule has 2 rings (SSSR count). The van der Waals surface area contributed by atoms with Crippen molar-refractivity contribution in [2.24, 2.45) is 0 Å². The number of amides is 2. The van der Waals surface area contributed by atoms with Crippen LogP contribution in [0.3, 0.4) is 0 Å². The number of carbonyl (C=O) groups excluding carboxylic acids is 2. The lowest BCUT2D eigenvalue weighted by atomic mass is 10.0. The zero-order valence-corrected chi connectivity index (χ0v) is 17.0. The van der Waals surface area contributed by atoms with E-state index in [0.717, 1.165) is 10.0 Å². The van der Waals surface area contributed by atoms with E-state index >= 15 is 0 Å². The van der Waals surface area contributed by atoms with Crippen molar-refractivity contribution >= 4 is 35.0 Å². The van der Waals surface area contributed by atoms with Crippen LogP contribution in [0.5, 0.6) is 0 Å². The number of hydrazine groups is 1. The lowest BCUT2D eigenvalue weighted by Crippen LogP contribution is -2.56. The van der Waals surface area contributed by atoms with Gasteiger partial charge in [0.05, 0.1) is 5.54 Å². The molecule has 0 unspecified atom stereocenters. The normalized spacial score (nSPS) is 10.9. The number of rotatable bonds is 2. The molecule has 0 atom stereocenters. The van der Waals surface area contributed by atoms with Crippen LogP contribution in [0.25, 0.3) is 0 Å². The van der Waals surface area contributed by atoms with E-state index in [2.05, 4.69) is 0 Å². The van der Waals surface area contributed by atoms with E-state index < -0.39 is 17.4 Å². The van der Waals surface area contributed by atoms with Crippen LogP contribution in [0.4, 0.5) is 0 Å². The minimum atomic E-state index is -0.850. The number of nitrogens with zero attached hydrogens (tertiary/aromatic N) is 3. The molecule has 0 saturated carbocycles. The number of hydrogen-bond donors (Lipinski definition) is 0. The fraction of sp³-hybridized carbons (Fsp3) is 0.250. The molecule has 27 heavy (non-hydrogen) atoms. The summed E-state index contributed by atoms with van der Waals surface area (Å²) in [7, 11) is 0. The van der Waals surface area contributed by atoms with Gasteiger partial charge in [-0.15, -0.1) is 5.01 Å². The van der Waals surface area contributed by atoms with E-state index in [9.17, 15) is 14.9 Å². The lowest BCUT2D eigenvalue weighted by Gasteiger charge is -2.39. The summed E-state index contributed by atoms with van der Waals surface area (Å²) in [6.45, 7) is 6.89. The smallest absolute Gasteiger partial charge is 0.267 e. The van der Waals surface area contributed by atoms with Crippen LogP contribution < -0.4 is 0 Å². The fourth-order valence-corrected chi connectivity index (χ4v) is 2.94. The molecule has 0 spiro atoms. The van der Waals surface area contributed by atoms with Gasteiger partial charge in [-0.2, -0.15) is 5.26 Å². The van der Waals surface area contributed by atoms with E-state index in [1.165, 1.54) is 6.07 Å². The minimum absolute atomic E-state index is 0.247. The zero-order valence-electron chi connectivity index (χ0n) is 15.5. The van der Waals surface area contributed by atoms with Crippen molar-refractivity contribution in [2.45, 2.75) is 33.2 Å². The highest BCUT2D eigenvalue weighted by molar-refractivity contribution is 6.32. The van der Waals surface area contributed by atoms with Crippen LogP contribution in [-0.2, 0) is 0 Å². The third kappa shape index (κ3) is 4.41. The van der Waals surface area contributed by atoms with Crippen molar-refractivity contribution in [3.63, 3.8) is 0 Å². The van der Waals surface area contributed by atoms with Crippen molar-refractivity contribution in [2.75, 3.05) is 0 Å². The second kappa shape index (κ2) is 7.99. The molecule has 0 aliphatic rings. The zero-order chi connectivity index (χ0) is 20.4. The van der Waals surface area contributed by atoms with Crippen molar-refractivity contribution < 1.29 is 9.59 Å². The molecule has 140 valence electrons. The summed E-state index contributed by atoms with van der Waals surface area (Å²) in [5.41, 5.74) is 0.205. The van der Waals surface area contributed by atoms with Gasteiger partial charge in [0.15, 0.2) is 0 Å². The third-order valence-corrected chi connectivity index (χ3v) is 4.53. The molecule has 2 aromatic carbocycles. The first-order valence-corrected chi connectivity index (χ1v) is 8.93. The molecule has 2 aromatic rings. The molecule has 0 aliphatic carbocycles. The second-order valence-electron chi connectivity index (χ2n) is 6.93. The van der Waals surface area contributed by atoms with Gasteiger partial charge in [-0.25, -0.2) is 5.01 Å². The Bertz CT molecular complexity index is 930. The summed E-state index contributed by atoms with van der Waals surface area (Å²) in [6.07, 6.45) is 1.83. The van der Waals surface area contributed by atoms with Gasteiger partial charge in [0.2, 0.25) is 6.19 Å². The standard InChI is InChI=1S/C20H19Cl2N3O2/c1-13-16(9-6-10-17(13)22)19(27)24(12-23)25(20(2,3)4)18(26)14-7-5-8-15(21)11-14/h5-11H,1-4H3. The highest BCUT2D eigenvalue weighted by Crippen LogP contribution is 2.25. The Labute approximate surface area is 168 Å². The van der Waals surface area contributed by atoms with E-state index in [-0.39, 0.29) is 11.1 Å². The molecule has 0 N–H and O–H groups in total. The number of halogens is 2. The second-order valence-corrected chi connectivity index (χ2v) is 7.77. The fourth-order valence-electron chi connectivity index (χ4n) is 2.57.